The Morgan fingerprint density at radius 2 is 1.48 bits per heavy atom. The Balaban J connectivity index is 2.12. The minimum absolute atomic E-state index is 0.161. The van der Waals surface area contributed by atoms with Crippen molar-refractivity contribution in [3.63, 3.8) is 0 Å². The van der Waals surface area contributed by atoms with Gasteiger partial charge < -0.3 is 0 Å². The van der Waals surface area contributed by atoms with Crippen molar-refractivity contribution in [2.75, 3.05) is 0 Å². The lowest BCUT2D eigenvalue weighted by molar-refractivity contribution is 0.259. The highest BCUT2D eigenvalue weighted by Gasteiger charge is 2.33. The molecule has 1 nitrogen and oxygen atoms in total. The molecule has 0 unspecified atom stereocenters. The van der Waals surface area contributed by atoms with Crippen molar-refractivity contribution in [3.05, 3.63) is 28.5 Å². The first-order chi connectivity index (χ1) is 10.1. The highest BCUT2D eigenvalue weighted by molar-refractivity contribution is 9.10. The normalized spacial score (nSPS) is 20.0. The zero-order valence-corrected chi connectivity index (χ0v) is 15.3. The molecule has 0 N–H and O–H groups in total. The van der Waals surface area contributed by atoms with E-state index in [9.17, 15) is 0 Å². The second kappa shape index (κ2) is 8.31. The second-order valence-electron chi connectivity index (χ2n) is 7.16. The number of pyridine rings is 1. The lowest BCUT2D eigenvalue weighted by atomic mass is 9.71. The summed E-state index contributed by atoms with van der Waals surface area (Å²) >= 11 is 3.71. The van der Waals surface area contributed by atoms with Gasteiger partial charge in [-0.25, -0.2) is 0 Å². The summed E-state index contributed by atoms with van der Waals surface area (Å²) in [6.07, 6.45) is 16.0. The first kappa shape index (κ1) is 17.0. The second-order valence-corrected chi connectivity index (χ2v) is 8.01. The van der Waals surface area contributed by atoms with Crippen molar-refractivity contribution in [1.82, 2.24) is 4.98 Å². The number of hydrogen-bond acceptors (Lipinski definition) is 1. The predicted octanol–water partition coefficient (Wildman–Crippen LogP) is 6.65. The maximum absolute atomic E-state index is 4.69. The maximum atomic E-state index is 4.69. The zero-order chi connectivity index (χ0) is 15.1. The third-order valence-corrected chi connectivity index (χ3v) is 5.88. The molecule has 1 fully saturated rings. The Labute approximate surface area is 139 Å². The number of rotatable bonds is 2. The molecule has 1 heterocycles. The van der Waals surface area contributed by atoms with Crippen LogP contribution in [0.5, 0.6) is 0 Å². The summed E-state index contributed by atoms with van der Waals surface area (Å²) in [5.41, 5.74) is 1.40. The maximum Gasteiger partial charge on any atom is 0.0604 e. The molecule has 118 valence electrons. The van der Waals surface area contributed by atoms with Crippen molar-refractivity contribution in [2.24, 2.45) is 5.92 Å². The Bertz CT molecular complexity index is 415. The molecule has 1 aromatic rings. The standard InChI is InChI=1S/C19H30BrN/c1-19(2,18-17(20)14-11-15-21-18)16-12-9-7-5-3-4-6-8-10-13-16/h11,14-16H,3-10,12-13H2,1-2H3. The summed E-state index contributed by atoms with van der Waals surface area (Å²) in [5, 5.41) is 0. The van der Waals surface area contributed by atoms with Crippen LogP contribution in [-0.4, -0.2) is 4.98 Å². The van der Waals surface area contributed by atoms with Gasteiger partial charge in [-0.3, -0.25) is 4.98 Å². The fraction of sp³-hybridized carbons (Fsp3) is 0.737. The van der Waals surface area contributed by atoms with Crippen molar-refractivity contribution in [3.8, 4) is 0 Å². The molecule has 1 aliphatic rings. The van der Waals surface area contributed by atoms with Gasteiger partial charge in [-0.15, -0.1) is 0 Å². The minimum atomic E-state index is 0.161. The molecule has 2 heteroatoms. The molecular weight excluding hydrogens is 322 g/mol. The summed E-state index contributed by atoms with van der Waals surface area (Å²) in [6, 6.07) is 4.15. The predicted molar refractivity (Wildman–Crippen MR) is 94.6 cm³/mol. The fourth-order valence-corrected chi connectivity index (χ4v) is 4.53. The van der Waals surface area contributed by atoms with Crippen LogP contribution in [0.3, 0.4) is 0 Å². The van der Waals surface area contributed by atoms with Crippen molar-refractivity contribution >= 4 is 15.9 Å². The monoisotopic (exact) mass is 351 g/mol. The SMILES string of the molecule is CC(C)(c1ncccc1Br)C1CCCCCCCCCC1. The largest absolute Gasteiger partial charge is 0.260 e. The average Bonchev–Trinajstić information content (AvgIpc) is 2.52. The van der Waals surface area contributed by atoms with E-state index >= 15 is 0 Å². The van der Waals surface area contributed by atoms with Crippen LogP contribution in [-0.2, 0) is 5.41 Å². The smallest absolute Gasteiger partial charge is 0.0604 e. The van der Waals surface area contributed by atoms with E-state index in [2.05, 4.69) is 35.8 Å². The fourth-order valence-electron chi connectivity index (χ4n) is 3.76. The summed E-state index contributed by atoms with van der Waals surface area (Å²) in [4.78, 5) is 4.69. The number of halogens is 1. The van der Waals surface area contributed by atoms with E-state index in [0.717, 1.165) is 5.92 Å². The van der Waals surface area contributed by atoms with Gasteiger partial charge in [-0.2, -0.15) is 0 Å². The van der Waals surface area contributed by atoms with Gasteiger partial charge >= 0.3 is 0 Å². The van der Waals surface area contributed by atoms with E-state index in [-0.39, 0.29) is 5.41 Å². The topological polar surface area (TPSA) is 12.9 Å². The Morgan fingerprint density at radius 1 is 0.952 bits per heavy atom. The Morgan fingerprint density at radius 3 is 2.00 bits per heavy atom. The molecule has 2 rings (SSSR count). The van der Waals surface area contributed by atoms with Crippen LogP contribution in [0.25, 0.3) is 0 Å². The molecule has 1 aliphatic carbocycles. The number of aromatic nitrogens is 1. The van der Waals surface area contributed by atoms with Crippen LogP contribution in [0, 0.1) is 5.92 Å². The Hall–Kier alpha value is -0.370. The van der Waals surface area contributed by atoms with Crippen LogP contribution in [0.2, 0.25) is 0 Å². The molecule has 0 radical (unpaired) electrons. The molecule has 1 aromatic heterocycles. The first-order valence-corrected chi connectivity index (χ1v) is 9.52. The molecule has 1 saturated carbocycles. The van der Waals surface area contributed by atoms with Gasteiger partial charge in [-0.1, -0.05) is 65.2 Å². The van der Waals surface area contributed by atoms with E-state index in [1.165, 1.54) is 74.4 Å². The van der Waals surface area contributed by atoms with Gasteiger partial charge in [0.25, 0.3) is 0 Å². The summed E-state index contributed by atoms with van der Waals surface area (Å²) in [5.74, 6) is 0.752. The molecule has 21 heavy (non-hydrogen) atoms. The molecule has 0 amide bonds. The summed E-state index contributed by atoms with van der Waals surface area (Å²) in [7, 11) is 0. The lowest BCUT2D eigenvalue weighted by Gasteiger charge is -2.35. The van der Waals surface area contributed by atoms with Gasteiger partial charge in [0.15, 0.2) is 0 Å². The highest BCUT2D eigenvalue weighted by atomic mass is 79.9. The van der Waals surface area contributed by atoms with Crippen molar-refractivity contribution < 1.29 is 0 Å². The third-order valence-electron chi connectivity index (χ3n) is 5.24. The number of hydrogen-bond donors (Lipinski definition) is 0. The quantitative estimate of drug-likeness (QED) is 0.580. The average molecular weight is 352 g/mol. The van der Waals surface area contributed by atoms with Crippen molar-refractivity contribution in [2.45, 2.75) is 83.5 Å². The van der Waals surface area contributed by atoms with Gasteiger partial charge in [0.1, 0.15) is 0 Å². The summed E-state index contributed by atoms with van der Waals surface area (Å²) < 4.78 is 1.17. The van der Waals surface area contributed by atoms with Gasteiger partial charge in [0.05, 0.1) is 5.69 Å². The molecule has 0 spiro atoms. The van der Waals surface area contributed by atoms with Crippen LogP contribution in [0.15, 0.2) is 22.8 Å². The highest BCUT2D eigenvalue weighted by Crippen LogP contribution is 2.40. The van der Waals surface area contributed by atoms with E-state index < -0.39 is 0 Å². The minimum Gasteiger partial charge on any atom is -0.260 e. The van der Waals surface area contributed by atoms with Crippen LogP contribution < -0.4 is 0 Å². The molecule has 0 atom stereocenters. The molecule has 0 bridgehead atoms. The summed E-state index contributed by atoms with van der Waals surface area (Å²) in [6.45, 7) is 4.79. The zero-order valence-electron chi connectivity index (χ0n) is 13.7. The number of nitrogens with zero attached hydrogens (tertiary/aromatic N) is 1. The first-order valence-electron chi connectivity index (χ1n) is 8.73. The van der Waals surface area contributed by atoms with E-state index in [1.807, 2.05) is 12.3 Å². The molecule has 0 saturated heterocycles. The lowest BCUT2D eigenvalue weighted by Crippen LogP contribution is -2.30. The van der Waals surface area contributed by atoms with Crippen molar-refractivity contribution in [1.29, 1.82) is 0 Å². The van der Waals surface area contributed by atoms with Gasteiger partial charge in [0.2, 0.25) is 0 Å². The van der Waals surface area contributed by atoms with Crippen LogP contribution in [0.1, 0.15) is 83.7 Å². The van der Waals surface area contributed by atoms with E-state index in [4.69, 9.17) is 4.98 Å². The molecular formula is C19H30BrN. The van der Waals surface area contributed by atoms with Crippen LogP contribution >= 0.6 is 15.9 Å². The van der Waals surface area contributed by atoms with Gasteiger partial charge in [-0.05, 0) is 46.8 Å². The molecule has 0 aromatic carbocycles. The van der Waals surface area contributed by atoms with E-state index in [0.29, 0.717) is 0 Å². The third kappa shape index (κ3) is 4.81. The van der Waals surface area contributed by atoms with Gasteiger partial charge in [0, 0.05) is 16.1 Å². The Kier molecular flexibility index (Phi) is 6.73. The molecule has 0 aliphatic heterocycles. The van der Waals surface area contributed by atoms with E-state index in [1.54, 1.807) is 0 Å². The van der Waals surface area contributed by atoms with Crippen LogP contribution in [0.4, 0.5) is 0 Å².